The molecule has 0 aromatic carbocycles. The van der Waals surface area contributed by atoms with Crippen molar-refractivity contribution < 1.29 is 20.1 Å². The van der Waals surface area contributed by atoms with Crippen molar-refractivity contribution in [2.24, 2.45) is 0 Å². The van der Waals surface area contributed by atoms with Gasteiger partial charge in [-0.15, -0.1) is 0 Å². The summed E-state index contributed by atoms with van der Waals surface area (Å²) in [6.07, 6.45) is 1.27. The molecule has 0 radical (unpaired) electrons. The van der Waals surface area contributed by atoms with Gasteiger partial charge in [0.2, 0.25) is 0 Å². The molecule has 0 aliphatic carbocycles. The number of hydrogen-bond acceptors (Lipinski definition) is 6. The van der Waals surface area contributed by atoms with Gasteiger partial charge < -0.3 is 0 Å². The van der Waals surface area contributed by atoms with Gasteiger partial charge in [-0.2, -0.15) is 0 Å². The summed E-state index contributed by atoms with van der Waals surface area (Å²) < 4.78 is 8.19. The van der Waals surface area contributed by atoms with Crippen molar-refractivity contribution in [2.75, 3.05) is 6.61 Å². The number of aliphatic hydroxyl groups excluding tert-OH is 3. The molecule has 0 saturated carbocycles. The zero-order chi connectivity index (χ0) is 15.7. The molecule has 0 bridgehead atoms. The van der Waals surface area contributed by atoms with Crippen LogP contribution in [0, 0.1) is 0 Å². The Bertz CT molecular complexity index is 677. The first-order chi connectivity index (χ1) is 10.7. The Balaban J connectivity index is 1.97. The number of aliphatic hydroxyl groups is 3. The molecule has 1 aliphatic rings. The zero-order valence-corrected chi connectivity index (χ0v) is 13.5. The van der Waals surface area contributed by atoms with Crippen LogP contribution in [0.25, 0.3) is 11.0 Å². The van der Waals surface area contributed by atoms with Gasteiger partial charge >= 0.3 is 133 Å². The van der Waals surface area contributed by atoms with Crippen molar-refractivity contribution in [3.63, 3.8) is 0 Å². The van der Waals surface area contributed by atoms with Crippen LogP contribution in [0.2, 0.25) is 5.32 Å². The van der Waals surface area contributed by atoms with Gasteiger partial charge in [0, 0.05) is 0 Å². The molecule has 0 spiro atoms. The van der Waals surface area contributed by atoms with Crippen LogP contribution >= 0.6 is 0 Å². The van der Waals surface area contributed by atoms with E-state index in [-0.39, 0.29) is 21.6 Å². The number of fused-ring (bicyclic) bond motifs is 1. The summed E-state index contributed by atoms with van der Waals surface area (Å²) in [6.45, 7) is 3.37. The number of rotatable bonds is 5. The number of ether oxygens (including phenoxy) is 1. The van der Waals surface area contributed by atoms with Gasteiger partial charge in [0.25, 0.3) is 0 Å². The maximum atomic E-state index is 10.1. The molecule has 3 rings (SSSR count). The van der Waals surface area contributed by atoms with Crippen molar-refractivity contribution in [3.05, 3.63) is 31.2 Å². The summed E-state index contributed by atoms with van der Waals surface area (Å²) in [5, 5.41) is 31.0. The van der Waals surface area contributed by atoms with Crippen molar-refractivity contribution in [1.82, 2.24) is 14.5 Å². The molecule has 2 aromatic rings. The second kappa shape index (κ2) is 6.45. The van der Waals surface area contributed by atoms with E-state index >= 15 is 0 Å². The minimum absolute atomic E-state index is 0.164. The van der Waals surface area contributed by atoms with E-state index in [1.54, 1.807) is 10.8 Å². The Hall–Kier alpha value is -1.28. The van der Waals surface area contributed by atoms with Crippen LogP contribution in [0.4, 0.5) is 0 Å². The van der Waals surface area contributed by atoms with Crippen molar-refractivity contribution in [3.8, 4) is 0 Å². The standard InChI is InChI=1S/C14H17N3O4Se/c1-2-5-22-13-8-3-4-17(12(8)15-7-16-13)14-11(20)10(19)9(6-18)21-14/h2-4,7,9-11,14,18-20H,1,5-6H2/t9-,10-,11-,14-/m1/s1. The van der Waals surface area contributed by atoms with Crippen LogP contribution in [0.1, 0.15) is 6.23 Å². The molecule has 118 valence electrons. The number of allylic oxidation sites excluding steroid dienone is 1. The van der Waals surface area contributed by atoms with E-state index in [2.05, 4.69) is 16.5 Å². The van der Waals surface area contributed by atoms with E-state index in [0.717, 1.165) is 15.3 Å². The summed E-state index contributed by atoms with van der Waals surface area (Å²) >= 11 is 0.164. The summed E-state index contributed by atoms with van der Waals surface area (Å²) in [4.78, 5) is 8.58. The SMILES string of the molecule is C=CC[Se]c1ncnc2c1ccn2[C@@H]1O[C@H](CO)[C@@H](O)[C@H]1O. The molecule has 1 aliphatic heterocycles. The third-order valence-electron chi connectivity index (χ3n) is 3.60. The summed E-state index contributed by atoms with van der Waals surface area (Å²) in [5.74, 6) is 0. The Morgan fingerprint density at radius 3 is 2.86 bits per heavy atom. The Morgan fingerprint density at radius 2 is 2.18 bits per heavy atom. The fourth-order valence-electron chi connectivity index (χ4n) is 2.52. The molecule has 7 nitrogen and oxygen atoms in total. The van der Waals surface area contributed by atoms with Crippen molar-refractivity contribution in [2.45, 2.75) is 29.9 Å². The van der Waals surface area contributed by atoms with Gasteiger partial charge in [-0.25, -0.2) is 0 Å². The predicted molar refractivity (Wildman–Crippen MR) is 80.9 cm³/mol. The molecule has 4 atom stereocenters. The van der Waals surface area contributed by atoms with Gasteiger partial charge in [-0.1, -0.05) is 0 Å². The quantitative estimate of drug-likeness (QED) is 0.460. The average molecular weight is 370 g/mol. The zero-order valence-electron chi connectivity index (χ0n) is 11.7. The summed E-state index contributed by atoms with van der Waals surface area (Å²) in [6, 6.07) is 1.88. The van der Waals surface area contributed by atoms with Crippen molar-refractivity contribution in [1.29, 1.82) is 0 Å². The monoisotopic (exact) mass is 371 g/mol. The first kappa shape index (κ1) is 15.6. The molecule has 1 fully saturated rings. The molecule has 1 saturated heterocycles. The van der Waals surface area contributed by atoms with E-state index in [4.69, 9.17) is 4.74 Å². The average Bonchev–Trinajstić information content (AvgIpc) is 3.08. The van der Waals surface area contributed by atoms with E-state index < -0.39 is 24.5 Å². The topological polar surface area (TPSA) is 101 Å². The van der Waals surface area contributed by atoms with Gasteiger partial charge in [-0.05, 0) is 0 Å². The third-order valence-corrected chi connectivity index (χ3v) is 5.70. The fraction of sp³-hybridized carbons (Fsp3) is 0.429. The molecular weight excluding hydrogens is 353 g/mol. The van der Waals surface area contributed by atoms with E-state index in [1.165, 1.54) is 6.33 Å². The Morgan fingerprint density at radius 1 is 1.36 bits per heavy atom. The van der Waals surface area contributed by atoms with Crippen LogP contribution < -0.4 is 4.59 Å². The van der Waals surface area contributed by atoms with Crippen LogP contribution in [0.15, 0.2) is 31.2 Å². The van der Waals surface area contributed by atoms with Gasteiger partial charge in [0.1, 0.15) is 0 Å². The predicted octanol–water partition coefficient (Wildman–Crippen LogP) is -1.02. The molecule has 22 heavy (non-hydrogen) atoms. The molecular formula is C14H17N3O4Se. The second-order valence-electron chi connectivity index (χ2n) is 4.97. The van der Waals surface area contributed by atoms with Crippen LogP contribution in [0.5, 0.6) is 0 Å². The van der Waals surface area contributed by atoms with E-state index in [0.29, 0.717) is 5.65 Å². The number of hydrogen-bond donors (Lipinski definition) is 3. The van der Waals surface area contributed by atoms with E-state index in [9.17, 15) is 15.3 Å². The number of aromatic nitrogens is 3. The molecule has 0 unspecified atom stereocenters. The van der Waals surface area contributed by atoms with Gasteiger partial charge in [0.05, 0.1) is 0 Å². The van der Waals surface area contributed by atoms with Crippen molar-refractivity contribution >= 4 is 30.6 Å². The Kier molecular flexibility index (Phi) is 4.58. The van der Waals surface area contributed by atoms with Crippen LogP contribution in [-0.2, 0) is 4.74 Å². The summed E-state index contributed by atoms with van der Waals surface area (Å²) in [7, 11) is 0. The third kappa shape index (κ3) is 2.58. The fourth-order valence-corrected chi connectivity index (χ4v) is 4.01. The number of nitrogens with zero attached hydrogens (tertiary/aromatic N) is 3. The molecule has 8 heteroatoms. The molecule has 3 N–H and O–H groups in total. The van der Waals surface area contributed by atoms with Gasteiger partial charge in [0.15, 0.2) is 0 Å². The molecule has 2 aromatic heterocycles. The first-order valence-corrected chi connectivity index (χ1v) is 8.92. The molecule has 0 amide bonds. The summed E-state index contributed by atoms with van der Waals surface area (Å²) in [5.41, 5.74) is 0.644. The molecule has 3 heterocycles. The first-order valence-electron chi connectivity index (χ1n) is 6.85. The minimum atomic E-state index is -1.13. The normalized spacial score (nSPS) is 28.3. The van der Waals surface area contributed by atoms with Gasteiger partial charge in [-0.3, -0.25) is 0 Å². The maximum absolute atomic E-state index is 10.1. The second-order valence-corrected chi connectivity index (χ2v) is 7.08. The van der Waals surface area contributed by atoms with Crippen LogP contribution in [0.3, 0.4) is 0 Å². The Labute approximate surface area is 133 Å². The van der Waals surface area contributed by atoms with Crippen LogP contribution in [-0.4, -0.2) is 69.7 Å². The van der Waals surface area contributed by atoms with E-state index in [1.807, 2.05) is 12.1 Å².